The van der Waals surface area contributed by atoms with Crippen LogP contribution in [-0.4, -0.2) is 12.6 Å². The van der Waals surface area contributed by atoms with Gasteiger partial charge in [-0.3, -0.25) is 0 Å². The lowest BCUT2D eigenvalue weighted by Crippen LogP contribution is -2.10. The number of carbonyl (C=O) groups excluding carboxylic acids is 1. The van der Waals surface area contributed by atoms with Crippen molar-refractivity contribution >= 4 is 5.97 Å². The number of unbranched alkanes of at least 4 members (excludes halogenated alkanes) is 2. The molecule has 0 spiro atoms. The van der Waals surface area contributed by atoms with Gasteiger partial charge in [-0.15, -0.1) is 0 Å². The van der Waals surface area contributed by atoms with E-state index in [-0.39, 0.29) is 16.9 Å². The molecule has 4 rings (SSSR count). The molecule has 0 atom stereocenters. The molecule has 0 saturated heterocycles. The van der Waals surface area contributed by atoms with E-state index in [1.807, 2.05) is 6.92 Å². The Morgan fingerprint density at radius 3 is 2.05 bits per heavy atom. The fourth-order valence-electron chi connectivity index (χ4n) is 3.86. The minimum Gasteiger partial charge on any atom is -0.491 e. The molecule has 0 aliphatic heterocycles. The molecule has 37 heavy (non-hydrogen) atoms. The van der Waals surface area contributed by atoms with Crippen LogP contribution in [0, 0.1) is 24.4 Å². The van der Waals surface area contributed by atoms with Crippen LogP contribution in [0.1, 0.15) is 42.1 Å². The highest BCUT2D eigenvalue weighted by Gasteiger charge is 2.19. The van der Waals surface area contributed by atoms with E-state index in [0.29, 0.717) is 23.3 Å². The van der Waals surface area contributed by atoms with Crippen LogP contribution in [0.4, 0.5) is 13.2 Å². The summed E-state index contributed by atoms with van der Waals surface area (Å²) >= 11 is 0. The number of benzene rings is 4. The van der Waals surface area contributed by atoms with Gasteiger partial charge in [-0.2, -0.15) is 4.39 Å². The van der Waals surface area contributed by atoms with E-state index in [1.54, 1.807) is 48.5 Å². The maximum atomic E-state index is 14.7. The van der Waals surface area contributed by atoms with E-state index in [4.69, 9.17) is 9.47 Å². The van der Waals surface area contributed by atoms with E-state index < -0.39 is 29.2 Å². The highest BCUT2D eigenvalue weighted by atomic mass is 19.2. The Balaban J connectivity index is 1.44. The first-order chi connectivity index (χ1) is 17.9. The summed E-state index contributed by atoms with van der Waals surface area (Å²) in [5.41, 5.74) is 3.01. The number of hydrogen-bond donors (Lipinski definition) is 0. The molecule has 0 aromatic heterocycles. The van der Waals surface area contributed by atoms with Gasteiger partial charge < -0.3 is 9.47 Å². The second kappa shape index (κ2) is 11.8. The van der Waals surface area contributed by atoms with E-state index >= 15 is 0 Å². The summed E-state index contributed by atoms with van der Waals surface area (Å²) in [4.78, 5) is 12.6. The van der Waals surface area contributed by atoms with Crippen molar-refractivity contribution in [2.24, 2.45) is 0 Å². The largest absolute Gasteiger partial charge is 0.491 e. The second-order valence-corrected chi connectivity index (χ2v) is 8.77. The van der Waals surface area contributed by atoms with Gasteiger partial charge in [0.1, 0.15) is 0 Å². The predicted molar refractivity (Wildman–Crippen MR) is 138 cm³/mol. The van der Waals surface area contributed by atoms with Crippen LogP contribution in [0.3, 0.4) is 0 Å². The summed E-state index contributed by atoms with van der Waals surface area (Å²) in [5, 5.41) is 0. The van der Waals surface area contributed by atoms with Gasteiger partial charge in [0, 0.05) is 5.56 Å². The monoisotopic (exact) mass is 504 g/mol. The fourth-order valence-corrected chi connectivity index (χ4v) is 3.86. The first-order valence-corrected chi connectivity index (χ1v) is 12.2. The molecule has 0 N–H and O–H groups in total. The summed E-state index contributed by atoms with van der Waals surface area (Å²) in [6, 6.07) is 20.5. The Bertz CT molecular complexity index is 1380. The maximum Gasteiger partial charge on any atom is 0.343 e. The maximum absolute atomic E-state index is 14.7. The molecule has 0 heterocycles. The Kier molecular flexibility index (Phi) is 8.29. The smallest absolute Gasteiger partial charge is 0.343 e. The molecule has 190 valence electrons. The number of carbonyl (C=O) groups is 1. The van der Waals surface area contributed by atoms with Gasteiger partial charge in [0.15, 0.2) is 23.1 Å². The standard InChI is InChI=1S/C31H27F3O3/c1-3-4-5-18-36-27-16-14-24(19-26(27)32)21-10-12-23(13-11-21)31(35)37-28-17-15-25(29(33)30(28)34)22-8-6-20(2)7-9-22/h6-17,19H,3-5,18H2,1-2H3. The van der Waals surface area contributed by atoms with Crippen LogP contribution in [0.2, 0.25) is 0 Å². The number of ether oxygens (including phenoxy) is 2. The molecule has 0 saturated carbocycles. The normalized spacial score (nSPS) is 10.8. The van der Waals surface area contributed by atoms with Crippen molar-refractivity contribution in [3.05, 3.63) is 107 Å². The number of esters is 1. The molecule has 6 heteroatoms. The van der Waals surface area contributed by atoms with Crippen molar-refractivity contribution in [1.82, 2.24) is 0 Å². The van der Waals surface area contributed by atoms with E-state index in [2.05, 4.69) is 6.92 Å². The van der Waals surface area contributed by atoms with Gasteiger partial charge in [-0.25, -0.2) is 13.6 Å². The van der Waals surface area contributed by atoms with Crippen LogP contribution in [-0.2, 0) is 0 Å². The van der Waals surface area contributed by atoms with Crippen LogP contribution < -0.4 is 9.47 Å². The SMILES string of the molecule is CCCCCOc1ccc(-c2ccc(C(=O)Oc3ccc(-c4ccc(C)cc4)c(F)c3F)cc2)cc1F. The number of aryl methyl sites for hydroxylation is 1. The third-order valence-corrected chi connectivity index (χ3v) is 6.00. The number of halogens is 3. The molecule has 0 unspecified atom stereocenters. The van der Waals surface area contributed by atoms with Crippen molar-refractivity contribution in [2.75, 3.05) is 6.61 Å². The van der Waals surface area contributed by atoms with E-state index in [0.717, 1.165) is 24.8 Å². The molecule has 0 aliphatic carbocycles. The Morgan fingerprint density at radius 1 is 0.730 bits per heavy atom. The lowest BCUT2D eigenvalue weighted by Gasteiger charge is -2.11. The summed E-state index contributed by atoms with van der Waals surface area (Å²) < 4.78 is 54.5. The zero-order valence-corrected chi connectivity index (χ0v) is 20.7. The van der Waals surface area contributed by atoms with Gasteiger partial charge in [-0.05, 0) is 66.4 Å². The average molecular weight is 505 g/mol. The number of hydrogen-bond acceptors (Lipinski definition) is 3. The summed E-state index contributed by atoms with van der Waals surface area (Å²) in [7, 11) is 0. The van der Waals surface area contributed by atoms with Crippen LogP contribution in [0.15, 0.2) is 78.9 Å². The molecular weight excluding hydrogens is 477 g/mol. The molecule has 0 aliphatic rings. The fraction of sp³-hybridized carbons (Fsp3) is 0.194. The van der Waals surface area contributed by atoms with E-state index in [1.165, 1.54) is 30.3 Å². The topological polar surface area (TPSA) is 35.5 Å². The Morgan fingerprint density at radius 2 is 1.38 bits per heavy atom. The van der Waals surface area contributed by atoms with Gasteiger partial charge in [0.05, 0.1) is 12.2 Å². The zero-order chi connectivity index (χ0) is 26.4. The van der Waals surface area contributed by atoms with E-state index in [9.17, 15) is 18.0 Å². The molecule has 0 radical (unpaired) electrons. The molecular formula is C31H27F3O3. The minimum absolute atomic E-state index is 0.0752. The van der Waals surface area contributed by atoms with Gasteiger partial charge in [0.2, 0.25) is 5.82 Å². The third-order valence-electron chi connectivity index (χ3n) is 6.00. The van der Waals surface area contributed by atoms with Gasteiger partial charge in [-0.1, -0.05) is 67.8 Å². The first-order valence-electron chi connectivity index (χ1n) is 12.2. The lowest BCUT2D eigenvalue weighted by atomic mass is 10.0. The summed E-state index contributed by atoms with van der Waals surface area (Å²) in [6.45, 7) is 4.44. The Labute approximate surface area is 214 Å². The van der Waals surface area contributed by atoms with Crippen molar-refractivity contribution in [1.29, 1.82) is 0 Å². The molecule has 4 aromatic carbocycles. The van der Waals surface area contributed by atoms with Crippen LogP contribution in [0.25, 0.3) is 22.3 Å². The highest BCUT2D eigenvalue weighted by Crippen LogP contribution is 2.31. The molecule has 0 bridgehead atoms. The van der Waals surface area contributed by atoms with Gasteiger partial charge in [0.25, 0.3) is 0 Å². The Hall–Kier alpha value is -4.06. The summed E-state index contributed by atoms with van der Waals surface area (Å²) in [5.74, 6) is -3.94. The van der Waals surface area contributed by atoms with Crippen molar-refractivity contribution < 1.29 is 27.4 Å². The molecule has 0 amide bonds. The van der Waals surface area contributed by atoms with Crippen molar-refractivity contribution in [2.45, 2.75) is 33.1 Å². The minimum atomic E-state index is -1.24. The molecule has 0 fully saturated rings. The first kappa shape index (κ1) is 26.0. The quantitative estimate of drug-likeness (QED) is 0.130. The predicted octanol–water partition coefficient (Wildman–Crippen LogP) is 8.53. The highest BCUT2D eigenvalue weighted by molar-refractivity contribution is 5.91. The van der Waals surface area contributed by atoms with Crippen molar-refractivity contribution in [3.63, 3.8) is 0 Å². The average Bonchev–Trinajstić information content (AvgIpc) is 2.91. The zero-order valence-electron chi connectivity index (χ0n) is 20.7. The number of rotatable bonds is 9. The molecule has 3 nitrogen and oxygen atoms in total. The van der Waals surface area contributed by atoms with Crippen LogP contribution >= 0.6 is 0 Å². The van der Waals surface area contributed by atoms with Gasteiger partial charge >= 0.3 is 5.97 Å². The lowest BCUT2D eigenvalue weighted by molar-refractivity contribution is 0.0726. The second-order valence-electron chi connectivity index (χ2n) is 8.77. The van der Waals surface area contributed by atoms with Crippen molar-refractivity contribution in [3.8, 4) is 33.8 Å². The third kappa shape index (κ3) is 6.20. The van der Waals surface area contributed by atoms with Crippen LogP contribution in [0.5, 0.6) is 11.5 Å². The molecule has 4 aromatic rings. The summed E-state index contributed by atoms with van der Waals surface area (Å²) in [6.07, 6.45) is 2.94.